The van der Waals surface area contributed by atoms with Crippen LogP contribution in [0.3, 0.4) is 0 Å². The van der Waals surface area contributed by atoms with Gasteiger partial charge in [0.05, 0.1) is 18.3 Å². The molecule has 1 unspecified atom stereocenters. The Morgan fingerprint density at radius 1 is 1.23 bits per heavy atom. The molecule has 6 heteroatoms. The molecule has 2 aromatic heterocycles. The molecule has 0 saturated carbocycles. The van der Waals surface area contributed by atoms with Crippen LogP contribution in [0.15, 0.2) is 35.4 Å². The van der Waals surface area contributed by atoms with Crippen LogP contribution < -0.4 is 10.3 Å². The summed E-state index contributed by atoms with van der Waals surface area (Å²) in [6, 6.07) is 7.38. The highest BCUT2D eigenvalue weighted by Crippen LogP contribution is 2.41. The van der Waals surface area contributed by atoms with Crippen LogP contribution in [0.25, 0.3) is 10.2 Å². The smallest absolute Gasteiger partial charge is 0.262 e. The lowest BCUT2D eigenvalue weighted by Gasteiger charge is -2.33. The molecule has 1 aliphatic carbocycles. The van der Waals surface area contributed by atoms with E-state index in [9.17, 15) is 4.79 Å². The summed E-state index contributed by atoms with van der Waals surface area (Å²) in [5.41, 5.74) is 1.68. The van der Waals surface area contributed by atoms with Crippen molar-refractivity contribution in [3.8, 4) is 5.75 Å². The average molecular weight is 445 g/mol. The number of hydrogen-bond acceptors (Lipinski definition) is 4. The fourth-order valence-electron chi connectivity index (χ4n) is 4.20. The minimum absolute atomic E-state index is 0.116. The van der Waals surface area contributed by atoms with Gasteiger partial charge in [-0.25, -0.2) is 4.98 Å². The van der Waals surface area contributed by atoms with Crippen molar-refractivity contribution < 1.29 is 4.74 Å². The van der Waals surface area contributed by atoms with E-state index in [0.717, 1.165) is 48.1 Å². The first kappa shape index (κ1) is 21.4. The fraction of sp³-hybridized carbons (Fsp3) is 0.500. The van der Waals surface area contributed by atoms with Gasteiger partial charge in [0, 0.05) is 16.4 Å². The average Bonchev–Trinajstić information content (AvgIpc) is 3.08. The van der Waals surface area contributed by atoms with E-state index >= 15 is 0 Å². The summed E-state index contributed by atoms with van der Waals surface area (Å²) in [6.07, 6.45) is 6.68. The summed E-state index contributed by atoms with van der Waals surface area (Å²) < 4.78 is 7.51. The van der Waals surface area contributed by atoms with Crippen molar-refractivity contribution in [1.29, 1.82) is 0 Å². The van der Waals surface area contributed by atoms with Crippen LogP contribution in [-0.2, 0) is 19.4 Å². The fourth-order valence-corrected chi connectivity index (χ4v) is 5.59. The third kappa shape index (κ3) is 4.57. The highest BCUT2D eigenvalue weighted by molar-refractivity contribution is 7.18. The normalized spacial score (nSPS) is 16.6. The van der Waals surface area contributed by atoms with Crippen molar-refractivity contribution in [2.45, 2.75) is 59.4 Å². The van der Waals surface area contributed by atoms with Crippen molar-refractivity contribution in [1.82, 2.24) is 9.55 Å². The number of fused-ring (bicyclic) bond motifs is 3. The summed E-state index contributed by atoms with van der Waals surface area (Å²) in [7, 11) is 0. The summed E-state index contributed by atoms with van der Waals surface area (Å²) in [4.78, 5) is 20.0. The van der Waals surface area contributed by atoms with Gasteiger partial charge in [0.25, 0.3) is 5.56 Å². The first-order valence-corrected chi connectivity index (χ1v) is 11.9. The number of unbranched alkanes of at least 4 members (excludes halogenated alkanes) is 1. The van der Waals surface area contributed by atoms with E-state index in [0.29, 0.717) is 29.5 Å². The van der Waals surface area contributed by atoms with Gasteiger partial charge in [0.2, 0.25) is 0 Å². The van der Waals surface area contributed by atoms with Gasteiger partial charge in [-0.05, 0) is 73.3 Å². The van der Waals surface area contributed by atoms with Crippen molar-refractivity contribution in [2.24, 2.45) is 11.3 Å². The van der Waals surface area contributed by atoms with E-state index < -0.39 is 0 Å². The van der Waals surface area contributed by atoms with E-state index in [-0.39, 0.29) is 5.56 Å². The lowest BCUT2D eigenvalue weighted by atomic mass is 9.72. The van der Waals surface area contributed by atoms with Gasteiger partial charge in [-0.1, -0.05) is 32.4 Å². The molecule has 30 heavy (non-hydrogen) atoms. The summed E-state index contributed by atoms with van der Waals surface area (Å²) in [6.45, 7) is 8.24. The third-order valence-electron chi connectivity index (χ3n) is 6.14. The van der Waals surface area contributed by atoms with Crippen molar-refractivity contribution in [2.75, 3.05) is 6.61 Å². The van der Waals surface area contributed by atoms with E-state index in [1.54, 1.807) is 22.2 Å². The Kier molecular flexibility index (Phi) is 6.21. The second kappa shape index (κ2) is 8.72. The number of aromatic nitrogens is 2. The Balaban J connectivity index is 1.40. The molecule has 0 saturated heterocycles. The number of benzene rings is 1. The molecule has 0 N–H and O–H groups in total. The zero-order valence-corrected chi connectivity index (χ0v) is 19.5. The van der Waals surface area contributed by atoms with Gasteiger partial charge in [0.15, 0.2) is 0 Å². The second-order valence-electron chi connectivity index (χ2n) is 9.24. The zero-order chi connectivity index (χ0) is 21.3. The van der Waals surface area contributed by atoms with Crippen LogP contribution in [0.4, 0.5) is 0 Å². The van der Waals surface area contributed by atoms with Crippen LogP contribution in [0, 0.1) is 11.3 Å². The quantitative estimate of drug-likeness (QED) is 0.430. The van der Waals surface area contributed by atoms with Gasteiger partial charge in [-0.2, -0.15) is 0 Å². The maximum Gasteiger partial charge on any atom is 0.262 e. The van der Waals surface area contributed by atoms with Gasteiger partial charge >= 0.3 is 0 Å². The van der Waals surface area contributed by atoms with E-state index in [1.165, 1.54) is 10.4 Å². The maximum atomic E-state index is 13.1. The number of nitrogens with zero attached hydrogens (tertiary/aromatic N) is 2. The molecule has 1 aliphatic rings. The molecule has 0 aliphatic heterocycles. The molecule has 0 radical (unpaired) electrons. The highest BCUT2D eigenvalue weighted by Gasteiger charge is 2.31. The first-order valence-electron chi connectivity index (χ1n) is 10.7. The second-order valence-corrected chi connectivity index (χ2v) is 10.8. The van der Waals surface area contributed by atoms with Gasteiger partial charge in [-0.15, -0.1) is 11.3 Å². The molecule has 4 rings (SSSR count). The number of aryl methyl sites for hydroxylation is 2. The minimum atomic E-state index is 0.116. The maximum absolute atomic E-state index is 13.1. The van der Waals surface area contributed by atoms with Gasteiger partial charge in [0.1, 0.15) is 10.6 Å². The molecule has 4 nitrogen and oxygen atoms in total. The van der Waals surface area contributed by atoms with Crippen LogP contribution in [0.2, 0.25) is 5.02 Å². The molecular formula is C24H29ClN2O2S. The molecule has 160 valence electrons. The van der Waals surface area contributed by atoms with E-state index in [4.69, 9.17) is 16.3 Å². The molecule has 0 amide bonds. The van der Waals surface area contributed by atoms with Crippen LogP contribution in [0.5, 0.6) is 5.75 Å². The number of rotatable bonds is 6. The molecular weight excluding hydrogens is 416 g/mol. The molecule has 1 atom stereocenters. The van der Waals surface area contributed by atoms with Crippen LogP contribution >= 0.6 is 22.9 Å². The molecule has 3 aromatic rings. The largest absolute Gasteiger partial charge is 0.494 e. The monoisotopic (exact) mass is 444 g/mol. The standard InChI is InChI=1S/C24H29ClN2O2S/c1-24(2,3)16-6-11-19-20(14-16)30-22-21(19)23(28)27(15-26-22)12-4-5-13-29-18-9-7-17(25)8-10-18/h7-10,15-16H,4-6,11-14H2,1-3H3. The van der Waals surface area contributed by atoms with E-state index in [2.05, 4.69) is 25.8 Å². The molecule has 0 spiro atoms. The summed E-state index contributed by atoms with van der Waals surface area (Å²) >= 11 is 7.61. The molecule has 1 aromatic carbocycles. The Hall–Kier alpha value is -1.85. The Labute approximate surface area is 186 Å². The molecule has 2 heterocycles. The lowest BCUT2D eigenvalue weighted by Crippen LogP contribution is -2.27. The van der Waals surface area contributed by atoms with Crippen LogP contribution in [0.1, 0.15) is 50.5 Å². The van der Waals surface area contributed by atoms with Gasteiger partial charge < -0.3 is 4.74 Å². The first-order chi connectivity index (χ1) is 14.3. The lowest BCUT2D eigenvalue weighted by molar-refractivity contribution is 0.218. The summed E-state index contributed by atoms with van der Waals surface area (Å²) in [5.74, 6) is 1.49. The molecule has 0 bridgehead atoms. The Morgan fingerprint density at radius 3 is 2.73 bits per heavy atom. The number of hydrogen-bond donors (Lipinski definition) is 0. The zero-order valence-electron chi connectivity index (χ0n) is 17.9. The Morgan fingerprint density at radius 2 is 2.00 bits per heavy atom. The van der Waals surface area contributed by atoms with E-state index in [1.807, 2.05) is 24.3 Å². The number of ether oxygens (including phenoxy) is 1. The van der Waals surface area contributed by atoms with Crippen LogP contribution in [-0.4, -0.2) is 16.2 Å². The topological polar surface area (TPSA) is 44.1 Å². The van der Waals surface area contributed by atoms with Gasteiger partial charge in [-0.3, -0.25) is 9.36 Å². The predicted octanol–water partition coefficient (Wildman–Crippen LogP) is 6.12. The SMILES string of the molecule is CC(C)(C)C1CCc2c(sc3ncn(CCCCOc4ccc(Cl)cc4)c(=O)c23)C1. The number of thiophene rings is 1. The minimum Gasteiger partial charge on any atom is -0.494 e. The van der Waals surface area contributed by atoms with Crippen molar-refractivity contribution >= 4 is 33.2 Å². The Bertz CT molecular complexity index is 1080. The number of halogens is 1. The van der Waals surface area contributed by atoms with Crippen molar-refractivity contribution in [3.63, 3.8) is 0 Å². The molecule has 0 fully saturated rings. The van der Waals surface area contributed by atoms with Crippen molar-refractivity contribution in [3.05, 3.63) is 56.4 Å². The predicted molar refractivity (Wildman–Crippen MR) is 125 cm³/mol. The third-order valence-corrected chi connectivity index (χ3v) is 7.55. The summed E-state index contributed by atoms with van der Waals surface area (Å²) in [5, 5.41) is 1.57. The highest BCUT2D eigenvalue weighted by atomic mass is 35.5.